The lowest BCUT2D eigenvalue weighted by molar-refractivity contribution is 0.0996. The van der Waals surface area contributed by atoms with Gasteiger partial charge in [-0.25, -0.2) is 0 Å². The zero-order valence-corrected chi connectivity index (χ0v) is 18.4. The first-order valence-corrected chi connectivity index (χ1v) is 14.2. The fraction of sp³-hybridized carbons (Fsp3) is 0.889. The van der Waals surface area contributed by atoms with E-state index in [-0.39, 0.29) is 5.04 Å². The Balaban J connectivity index is 4.83. The van der Waals surface area contributed by atoms with Crippen molar-refractivity contribution in [1.82, 2.24) is 0 Å². The third kappa shape index (κ3) is 5.84. The molecule has 0 fully saturated rings. The van der Waals surface area contributed by atoms with Crippen LogP contribution in [0.25, 0.3) is 0 Å². The van der Waals surface area contributed by atoms with E-state index in [0.29, 0.717) is 0 Å². The highest BCUT2D eigenvalue weighted by atomic mass is 28.4. The summed E-state index contributed by atoms with van der Waals surface area (Å²) in [6.07, 6.45) is 6.59. The summed E-state index contributed by atoms with van der Waals surface area (Å²) in [7, 11) is -3.41. The third-order valence-electron chi connectivity index (χ3n) is 5.51. The molecule has 0 rings (SSSR count). The number of hydrogen-bond acceptors (Lipinski definition) is 2. The number of rotatable bonds is 9. The molecule has 130 valence electrons. The topological polar surface area (TPSA) is 18.5 Å². The van der Waals surface area contributed by atoms with Gasteiger partial charge >= 0.3 is 0 Å². The van der Waals surface area contributed by atoms with Gasteiger partial charge in [0.1, 0.15) is 5.60 Å². The van der Waals surface area contributed by atoms with Crippen LogP contribution < -0.4 is 0 Å². The SMILES string of the molecule is C#CC(C)(CCO[Si](CC)(CC)CC)O[Si](C)(C)C(C)(C)C. The molecule has 0 N–H and O–H groups in total. The van der Waals surface area contributed by atoms with Crippen molar-refractivity contribution in [2.75, 3.05) is 6.61 Å². The molecule has 0 saturated heterocycles. The van der Waals surface area contributed by atoms with Crippen molar-refractivity contribution in [2.45, 2.75) is 96.8 Å². The van der Waals surface area contributed by atoms with Gasteiger partial charge in [0.25, 0.3) is 0 Å². The molecule has 0 aromatic carbocycles. The molecule has 2 nitrogen and oxygen atoms in total. The minimum atomic E-state index is -1.87. The molecule has 0 aromatic heterocycles. The summed E-state index contributed by atoms with van der Waals surface area (Å²) in [5.74, 6) is 2.89. The van der Waals surface area contributed by atoms with Crippen LogP contribution in [0.2, 0.25) is 36.3 Å². The van der Waals surface area contributed by atoms with Crippen molar-refractivity contribution in [1.29, 1.82) is 0 Å². The normalized spacial score (nSPS) is 16.2. The molecular formula is C18H38O2Si2. The lowest BCUT2D eigenvalue weighted by atomic mass is 10.1. The Morgan fingerprint density at radius 3 is 1.73 bits per heavy atom. The van der Waals surface area contributed by atoms with Gasteiger partial charge in [-0.05, 0) is 43.2 Å². The van der Waals surface area contributed by atoms with E-state index in [9.17, 15) is 0 Å². The zero-order valence-electron chi connectivity index (χ0n) is 16.4. The zero-order chi connectivity index (χ0) is 17.7. The van der Waals surface area contributed by atoms with Crippen molar-refractivity contribution in [2.24, 2.45) is 0 Å². The Bertz CT molecular complexity index is 367. The second-order valence-corrected chi connectivity index (χ2v) is 17.6. The summed E-state index contributed by atoms with van der Waals surface area (Å²) in [6.45, 7) is 20.8. The Labute approximate surface area is 141 Å². The summed E-state index contributed by atoms with van der Waals surface area (Å²) >= 11 is 0. The standard InChI is InChI=1S/C18H38O2Si2/c1-11-18(8,20-21(9,10)17(5,6)7)15-16-19-22(12-2,13-3)14-4/h1H,12-16H2,2-10H3. The van der Waals surface area contributed by atoms with Gasteiger partial charge in [-0.3, -0.25) is 0 Å². The molecule has 4 heteroatoms. The first-order valence-electron chi connectivity index (χ1n) is 8.73. The van der Waals surface area contributed by atoms with Gasteiger partial charge < -0.3 is 8.85 Å². The molecule has 22 heavy (non-hydrogen) atoms. The fourth-order valence-corrected chi connectivity index (χ4v) is 6.63. The Hall–Kier alpha value is -0.0862. The molecule has 0 heterocycles. The van der Waals surface area contributed by atoms with E-state index in [1.54, 1.807) is 0 Å². The van der Waals surface area contributed by atoms with Gasteiger partial charge in [-0.15, -0.1) is 6.42 Å². The molecule has 0 amide bonds. The minimum absolute atomic E-state index is 0.167. The lowest BCUT2D eigenvalue weighted by Crippen LogP contribution is -2.49. The van der Waals surface area contributed by atoms with Gasteiger partial charge in [0, 0.05) is 13.0 Å². The first-order chi connectivity index (χ1) is 9.91. The maximum atomic E-state index is 6.49. The summed E-state index contributed by atoms with van der Waals surface area (Å²) in [5.41, 5.74) is -0.516. The number of hydrogen-bond donors (Lipinski definition) is 0. The van der Waals surface area contributed by atoms with E-state index in [1.807, 2.05) is 6.92 Å². The van der Waals surface area contributed by atoms with Crippen molar-refractivity contribution < 1.29 is 8.85 Å². The van der Waals surface area contributed by atoms with Crippen LogP contribution >= 0.6 is 0 Å². The molecule has 0 aliphatic heterocycles. The minimum Gasteiger partial charge on any atom is -0.417 e. The maximum Gasteiger partial charge on any atom is 0.194 e. The summed E-state index contributed by atoms with van der Waals surface area (Å²) in [5, 5.41) is 0.167. The van der Waals surface area contributed by atoms with Crippen molar-refractivity contribution in [3.05, 3.63) is 0 Å². The van der Waals surface area contributed by atoms with Crippen LogP contribution in [0.1, 0.15) is 54.9 Å². The van der Waals surface area contributed by atoms with E-state index in [2.05, 4.69) is 60.6 Å². The van der Waals surface area contributed by atoms with Gasteiger partial charge in [0.2, 0.25) is 0 Å². The second-order valence-electron chi connectivity index (χ2n) is 8.08. The van der Waals surface area contributed by atoms with Crippen LogP contribution in [0.5, 0.6) is 0 Å². The summed E-state index contributed by atoms with van der Waals surface area (Å²) in [4.78, 5) is 0. The van der Waals surface area contributed by atoms with Crippen molar-refractivity contribution >= 4 is 16.6 Å². The van der Waals surface area contributed by atoms with Crippen LogP contribution in [0.4, 0.5) is 0 Å². The molecule has 0 saturated carbocycles. The van der Waals surface area contributed by atoms with E-state index in [4.69, 9.17) is 15.3 Å². The molecule has 0 spiro atoms. The lowest BCUT2D eigenvalue weighted by Gasteiger charge is -2.42. The molecule has 0 aliphatic carbocycles. The van der Waals surface area contributed by atoms with Gasteiger partial charge in [0.15, 0.2) is 16.6 Å². The first kappa shape index (κ1) is 21.9. The van der Waals surface area contributed by atoms with E-state index in [0.717, 1.165) is 13.0 Å². The molecule has 0 aromatic rings. The van der Waals surface area contributed by atoms with Gasteiger partial charge in [-0.1, -0.05) is 47.5 Å². The van der Waals surface area contributed by atoms with Gasteiger partial charge in [-0.2, -0.15) is 0 Å². The summed E-state index contributed by atoms with van der Waals surface area (Å²) in [6, 6.07) is 3.53. The van der Waals surface area contributed by atoms with Crippen LogP contribution in [-0.4, -0.2) is 28.8 Å². The smallest absolute Gasteiger partial charge is 0.194 e. The highest BCUT2D eigenvalue weighted by Gasteiger charge is 2.42. The van der Waals surface area contributed by atoms with E-state index in [1.165, 1.54) is 18.1 Å². The van der Waals surface area contributed by atoms with E-state index < -0.39 is 22.2 Å². The third-order valence-corrected chi connectivity index (χ3v) is 14.8. The molecule has 0 bridgehead atoms. The second kappa shape index (κ2) is 8.14. The quantitative estimate of drug-likeness (QED) is 0.389. The van der Waals surface area contributed by atoms with Crippen LogP contribution in [-0.2, 0) is 8.85 Å². The van der Waals surface area contributed by atoms with Crippen molar-refractivity contribution in [3.63, 3.8) is 0 Å². The highest BCUT2D eigenvalue weighted by molar-refractivity contribution is 6.74. The maximum absolute atomic E-state index is 6.49. The predicted octanol–water partition coefficient (Wildman–Crippen LogP) is 5.81. The van der Waals surface area contributed by atoms with Gasteiger partial charge in [0.05, 0.1) is 0 Å². The fourth-order valence-electron chi connectivity index (χ4n) is 2.39. The molecular weight excluding hydrogens is 304 g/mol. The molecule has 1 atom stereocenters. The van der Waals surface area contributed by atoms with Crippen LogP contribution in [0, 0.1) is 12.3 Å². The Morgan fingerprint density at radius 2 is 1.41 bits per heavy atom. The monoisotopic (exact) mass is 342 g/mol. The summed E-state index contributed by atoms with van der Waals surface area (Å²) < 4.78 is 12.8. The Morgan fingerprint density at radius 1 is 0.955 bits per heavy atom. The molecule has 0 aliphatic rings. The predicted molar refractivity (Wildman–Crippen MR) is 103 cm³/mol. The number of terminal acetylenes is 1. The van der Waals surface area contributed by atoms with E-state index >= 15 is 0 Å². The molecule has 1 unspecified atom stereocenters. The van der Waals surface area contributed by atoms with Crippen molar-refractivity contribution in [3.8, 4) is 12.3 Å². The highest BCUT2D eigenvalue weighted by Crippen LogP contribution is 2.39. The average Bonchev–Trinajstić information content (AvgIpc) is 2.42. The van der Waals surface area contributed by atoms with Crippen LogP contribution in [0.15, 0.2) is 0 Å². The Kier molecular flexibility index (Phi) is 8.11. The largest absolute Gasteiger partial charge is 0.417 e. The molecule has 0 radical (unpaired) electrons. The average molecular weight is 343 g/mol. The van der Waals surface area contributed by atoms with Crippen LogP contribution in [0.3, 0.4) is 0 Å².